The van der Waals surface area contributed by atoms with Crippen LogP contribution < -0.4 is 4.74 Å². The van der Waals surface area contributed by atoms with Gasteiger partial charge >= 0.3 is 5.97 Å². The third-order valence-corrected chi connectivity index (χ3v) is 4.68. The molecule has 1 aliphatic rings. The van der Waals surface area contributed by atoms with Crippen LogP contribution in [-0.4, -0.2) is 29.0 Å². The maximum absolute atomic E-state index is 12.6. The standard InChI is InChI=1S/C20H21NO4/c1-25-16-9-7-15(8-10-16)19-17(20(23)24)11-12-18(22)21(19)13-14-5-3-2-4-6-14/h2-10,17,19H,11-13H2,1H3,(H,23,24). The van der Waals surface area contributed by atoms with E-state index in [1.165, 1.54) is 0 Å². The third-order valence-electron chi connectivity index (χ3n) is 4.68. The molecule has 0 aliphatic carbocycles. The number of likely N-dealkylation sites (tertiary alicyclic amines) is 1. The highest BCUT2D eigenvalue weighted by atomic mass is 16.5. The fourth-order valence-electron chi connectivity index (χ4n) is 3.39. The summed E-state index contributed by atoms with van der Waals surface area (Å²) >= 11 is 0. The molecule has 1 fully saturated rings. The summed E-state index contributed by atoms with van der Waals surface area (Å²) in [5.74, 6) is -0.796. The molecular formula is C20H21NO4. The second-order valence-electron chi connectivity index (χ2n) is 6.21. The van der Waals surface area contributed by atoms with Gasteiger partial charge in [0.15, 0.2) is 0 Å². The van der Waals surface area contributed by atoms with Gasteiger partial charge in [0.1, 0.15) is 5.75 Å². The van der Waals surface area contributed by atoms with Crippen molar-refractivity contribution in [2.24, 2.45) is 5.92 Å². The summed E-state index contributed by atoms with van der Waals surface area (Å²) in [6.07, 6.45) is 0.618. The Hall–Kier alpha value is -2.82. The van der Waals surface area contributed by atoms with E-state index in [-0.39, 0.29) is 12.3 Å². The van der Waals surface area contributed by atoms with E-state index >= 15 is 0 Å². The number of carboxylic acids is 1. The molecule has 130 valence electrons. The second kappa shape index (κ2) is 7.38. The number of hydrogen-bond acceptors (Lipinski definition) is 3. The molecule has 2 unspecified atom stereocenters. The summed E-state index contributed by atoms with van der Waals surface area (Å²) in [7, 11) is 1.58. The first-order valence-corrected chi connectivity index (χ1v) is 8.30. The van der Waals surface area contributed by atoms with Crippen molar-refractivity contribution < 1.29 is 19.4 Å². The van der Waals surface area contributed by atoms with Gasteiger partial charge in [-0.15, -0.1) is 0 Å². The Kier molecular flexibility index (Phi) is 5.03. The van der Waals surface area contributed by atoms with Crippen LogP contribution in [0.2, 0.25) is 0 Å². The van der Waals surface area contributed by atoms with Gasteiger partial charge in [0.05, 0.1) is 19.1 Å². The maximum atomic E-state index is 12.6. The van der Waals surface area contributed by atoms with Crippen LogP contribution in [0.3, 0.4) is 0 Å². The Morgan fingerprint density at radius 1 is 1.16 bits per heavy atom. The van der Waals surface area contributed by atoms with Crippen LogP contribution in [0.4, 0.5) is 0 Å². The number of carboxylic acid groups (broad SMARTS) is 1. The normalized spacial score (nSPS) is 20.4. The Morgan fingerprint density at radius 2 is 1.84 bits per heavy atom. The highest BCUT2D eigenvalue weighted by Gasteiger charge is 2.40. The maximum Gasteiger partial charge on any atom is 0.308 e. The molecule has 1 heterocycles. The summed E-state index contributed by atoms with van der Waals surface area (Å²) in [6.45, 7) is 0.403. The first kappa shape index (κ1) is 17.0. The zero-order valence-corrected chi connectivity index (χ0v) is 14.1. The molecule has 1 N–H and O–H groups in total. The molecular weight excluding hydrogens is 318 g/mol. The lowest BCUT2D eigenvalue weighted by Gasteiger charge is -2.40. The van der Waals surface area contributed by atoms with E-state index in [2.05, 4.69) is 0 Å². The number of rotatable bonds is 5. The van der Waals surface area contributed by atoms with Crippen LogP contribution in [0.1, 0.15) is 30.0 Å². The molecule has 25 heavy (non-hydrogen) atoms. The molecule has 0 radical (unpaired) electrons. The van der Waals surface area contributed by atoms with Gasteiger partial charge in [0.25, 0.3) is 0 Å². The van der Waals surface area contributed by atoms with E-state index in [0.717, 1.165) is 11.1 Å². The smallest absolute Gasteiger partial charge is 0.308 e. The van der Waals surface area contributed by atoms with E-state index in [1.807, 2.05) is 42.5 Å². The van der Waals surface area contributed by atoms with Crippen molar-refractivity contribution in [3.8, 4) is 5.75 Å². The van der Waals surface area contributed by atoms with Gasteiger partial charge in [0, 0.05) is 13.0 Å². The number of nitrogens with zero attached hydrogens (tertiary/aromatic N) is 1. The predicted molar refractivity (Wildman–Crippen MR) is 93.1 cm³/mol. The number of methoxy groups -OCH3 is 1. The number of aliphatic carboxylic acids is 1. The van der Waals surface area contributed by atoms with E-state index in [1.54, 1.807) is 24.1 Å². The van der Waals surface area contributed by atoms with Gasteiger partial charge in [-0.05, 0) is 29.7 Å². The summed E-state index contributed by atoms with van der Waals surface area (Å²) in [5.41, 5.74) is 1.80. The van der Waals surface area contributed by atoms with Crippen molar-refractivity contribution in [3.05, 3.63) is 65.7 Å². The topological polar surface area (TPSA) is 66.8 Å². The lowest BCUT2D eigenvalue weighted by molar-refractivity contribution is -0.152. The first-order chi connectivity index (χ1) is 12.1. The average Bonchev–Trinajstić information content (AvgIpc) is 2.64. The number of amides is 1. The zero-order valence-electron chi connectivity index (χ0n) is 14.1. The van der Waals surface area contributed by atoms with E-state index < -0.39 is 17.9 Å². The summed E-state index contributed by atoms with van der Waals surface area (Å²) in [5, 5.41) is 9.68. The minimum absolute atomic E-state index is 0.0119. The van der Waals surface area contributed by atoms with Crippen molar-refractivity contribution in [1.82, 2.24) is 4.90 Å². The molecule has 1 aliphatic heterocycles. The highest BCUT2D eigenvalue weighted by molar-refractivity contribution is 5.81. The van der Waals surface area contributed by atoms with Crippen LogP contribution in [0, 0.1) is 5.92 Å². The Bertz CT molecular complexity index is 742. The predicted octanol–water partition coefficient (Wildman–Crippen LogP) is 3.26. The van der Waals surface area contributed by atoms with Crippen LogP contribution in [0.15, 0.2) is 54.6 Å². The number of carbonyl (C=O) groups excluding carboxylic acids is 1. The summed E-state index contributed by atoms with van der Waals surface area (Å²) < 4.78 is 5.18. The second-order valence-corrected chi connectivity index (χ2v) is 6.21. The van der Waals surface area contributed by atoms with Crippen molar-refractivity contribution in [1.29, 1.82) is 0 Å². The molecule has 2 aromatic rings. The molecule has 0 bridgehead atoms. The fourth-order valence-corrected chi connectivity index (χ4v) is 3.39. The van der Waals surface area contributed by atoms with Crippen LogP contribution >= 0.6 is 0 Å². The molecule has 2 aromatic carbocycles. The minimum atomic E-state index is -0.869. The fraction of sp³-hybridized carbons (Fsp3) is 0.300. The monoisotopic (exact) mass is 339 g/mol. The van der Waals surface area contributed by atoms with Gasteiger partial charge in [0.2, 0.25) is 5.91 Å². The lowest BCUT2D eigenvalue weighted by atomic mass is 9.84. The number of piperidine rings is 1. The molecule has 5 heteroatoms. The Morgan fingerprint density at radius 3 is 2.44 bits per heavy atom. The third kappa shape index (κ3) is 3.65. The lowest BCUT2D eigenvalue weighted by Crippen LogP contribution is -2.44. The minimum Gasteiger partial charge on any atom is -0.497 e. The van der Waals surface area contributed by atoms with E-state index in [0.29, 0.717) is 18.7 Å². The van der Waals surface area contributed by atoms with Crippen LogP contribution in [-0.2, 0) is 16.1 Å². The molecule has 3 rings (SSSR count). The largest absolute Gasteiger partial charge is 0.497 e. The SMILES string of the molecule is COc1ccc(C2C(C(=O)O)CCC(=O)N2Cc2ccccc2)cc1. The van der Waals surface area contributed by atoms with Crippen LogP contribution in [0.25, 0.3) is 0 Å². The van der Waals surface area contributed by atoms with Crippen molar-refractivity contribution >= 4 is 11.9 Å². The molecule has 5 nitrogen and oxygen atoms in total. The zero-order chi connectivity index (χ0) is 17.8. The Labute approximate surface area is 146 Å². The number of ether oxygens (including phenoxy) is 1. The van der Waals surface area contributed by atoms with Gasteiger partial charge in [-0.3, -0.25) is 9.59 Å². The average molecular weight is 339 g/mol. The number of hydrogen-bond donors (Lipinski definition) is 1. The van der Waals surface area contributed by atoms with Crippen LogP contribution in [0.5, 0.6) is 5.75 Å². The van der Waals surface area contributed by atoms with Crippen molar-refractivity contribution in [2.45, 2.75) is 25.4 Å². The van der Waals surface area contributed by atoms with Gasteiger partial charge in [-0.2, -0.15) is 0 Å². The van der Waals surface area contributed by atoms with E-state index in [4.69, 9.17) is 4.74 Å². The molecule has 0 saturated carbocycles. The molecule has 0 aromatic heterocycles. The van der Waals surface area contributed by atoms with Gasteiger partial charge < -0.3 is 14.7 Å². The Balaban J connectivity index is 1.97. The first-order valence-electron chi connectivity index (χ1n) is 8.30. The number of carbonyl (C=O) groups is 2. The van der Waals surface area contributed by atoms with Gasteiger partial charge in [-0.25, -0.2) is 0 Å². The highest BCUT2D eigenvalue weighted by Crippen LogP contribution is 2.38. The summed E-state index contributed by atoms with van der Waals surface area (Å²) in [4.78, 5) is 26.1. The van der Waals surface area contributed by atoms with Crippen molar-refractivity contribution in [3.63, 3.8) is 0 Å². The molecule has 0 spiro atoms. The van der Waals surface area contributed by atoms with Gasteiger partial charge in [-0.1, -0.05) is 42.5 Å². The number of benzene rings is 2. The van der Waals surface area contributed by atoms with E-state index in [9.17, 15) is 14.7 Å². The molecule has 2 atom stereocenters. The van der Waals surface area contributed by atoms with Crippen molar-refractivity contribution in [2.75, 3.05) is 7.11 Å². The molecule has 1 saturated heterocycles. The quantitative estimate of drug-likeness (QED) is 0.908. The molecule has 1 amide bonds. The summed E-state index contributed by atoms with van der Waals surface area (Å²) in [6, 6.07) is 16.5.